The van der Waals surface area contributed by atoms with Crippen molar-refractivity contribution in [2.24, 2.45) is 0 Å². The zero-order chi connectivity index (χ0) is 19.5. The molecule has 2 heterocycles. The predicted octanol–water partition coefficient (Wildman–Crippen LogP) is 3.91. The number of hydrogen-bond donors (Lipinski definition) is 1. The normalized spacial score (nSPS) is 13.7. The van der Waals surface area contributed by atoms with Gasteiger partial charge in [0.2, 0.25) is 5.91 Å². The fourth-order valence-corrected chi connectivity index (χ4v) is 3.59. The summed E-state index contributed by atoms with van der Waals surface area (Å²) in [6.07, 6.45) is 2.05. The lowest BCUT2D eigenvalue weighted by atomic mass is 10.0. The first kappa shape index (κ1) is 18.4. The number of halogens is 1. The number of fused-ring (bicyclic) bond motifs is 1. The van der Waals surface area contributed by atoms with Crippen molar-refractivity contribution in [3.05, 3.63) is 65.2 Å². The first-order valence-electron chi connectivity index (χ1n) is 9.33. The van der Waals surface area contributed by atoms with Crippen LogP contribution in [0.4, 0.5) is 0 Å². The Hall–Kier alpha value is -2.92. The molecule has 142 valence electrons. The molecule has 1 aliphatic rings. The summed E-state index contributed by atoms with van der Waals surface area (Å²) in [5.74, 6) is -0.316. The number of likely N-dealkylation sites (tertiary alicyclic amines) is 1. The molecule has 0 spiro atoms. The first-order chi connectivity index (χ1) is 13.6. The zero-order valence-electron chi connectivity index (χ0n) is 15.3. The molecule has 1 aliphatic heterocycles. The maximum absolute atomic E-state index is 12.9. The molecule has 0 aliphatic carbocycles. The van der Waals surface area contributed by atoms with Gasteiger partial charge < -0.3 is 10.2 Å². The summed E-state index contributed by atoms with van der Waals surface area (Å²) in [5.41, 5.74) is 2.79. The van der Waals surface area contributed by atoms with Crippen molar-refractivity contribution in [2.45, 2.75) is 12.8 Å². The van der Waals surface area contributed by atoms with Gasteiger partial charge in [-0.1, -0.05) is 41.9 Å². The van der Waals surface area contributed by atoms with Gasteiger partial charge in [0.15, 0.2) is 0 Å². The van der Waals surface area contributed by atoms with Gasteiger partial charge in [-0.25, -0.2) is 4.98 Å². The molecule has 0 bridgehead atoms. The summed E-state index contributed by atoms with van der Waals surface area (Å²) in [4.78, 5) is 31.6. The van der Waals surface area contributed by atoms with Crippen LogP contribution in [0.1, 0.15) is 23.2 Å². The molecule has 1 N–H and O–H groups in total. The Morgan fingerprint density at radius 3 is 2.50 bits per heavy atom. The van der Waals surface area contributed by atoms with Crippen LogP contribution in [-0.2, 0) is 4.79 Å². The van der Waals surface area contributed by atoms with E-state index < -0.39 is 0 Å². The lowest BCUT2D eigenvalue weighted by Crippen LogP contribution is -2.38. The standard InChI is InChI=1S/C22H20ClN3O2/c23-16-9-7-15(8-10-16)20-13-18(17-5-1-2-6-19(17)25-20)22(28)24-14-21(27)26-11-3-4-12-26/h1-2,5-10,13H,3-4,11-12,14H2,(H,24,28). The minimum atomic E-state index is -0.277. The van der Waals surface area contributed by atoms with E-state index in [0.29, 0.717) is 16.3 Å². The molecule has 5 nitrogen and oxygen atoms in total. The highest BCUT2D eigenvalue weighted by Crippen LogP contribution is 2.26. The third-order valence-corrected chi connectivity index (χ3v) is 5.21. The zero-order valence-corrected chi connectivity index (χ0v) is 16.1. The van der Waals surface area contributed by atoms with E-state index in [9.17, 15) is 9.59 Å². The number of carbonyl (C=O) groups is 2. The first-order valence-corrected chi connectivity index (χ1v) is 9.71. The fourth-order valence-electron chi connectivity index (χ4n) is 3.46. The summed E-state index contributed by atoms with van der Waals surface area (Å²) in [6.45, 7) is 1.55. The highest BCUT2D eigenvalue weighted by molar-refractivity contribution is 6.30. The van der Waals surface area contributed by atoms with Gasteiger partial charge in [-0.05, 0) is 37.1 Å². The third-order valence-electron chi connectivity index (χ3n) is 4.96. The Labute approximate surface area is 168 Å². The lowest BCUT2D eigenvalue weighted by Gasteiger charge is -2.16. The highest BCUT2D eigenvalue weighted by atomic mass is 35.5. The van der Waals surface area contributed by atoms with Crippen LogP contribution in [0.3, 0.4) is 0 Å². The number of hydrogen-bond acceptors (Lipinski definition) is 3. The molecule has 0 unspecified atom stereocenters. The average molecular weight is 394 g/mol. The maximum Gasteiger partial charge on any atom is 0.252 e. The topological polar surface area (TPSA) is 62.3 Å². The van der Waals surface area contributed by atoms with Crippen LogP contribution in [0.25, 0.3) is 22.2 Å². The van der Waals surface area contributed by atoms with E-state index in [0.717, 1.165) is 42.4 Å². The second-order valence-corrected chi connectivity index (χ2v) is 7.29. The molecule has 1 saturated heterocycles. The Bertz CT molecular complexity index is 1030. The summed E-state index contributed by atoms with van der Waals surface area (Å²) >= 11 is 5.98. The molecule has 0 saturated carbocycles. The minimum Gasteiger partial charge on any atom is -0.343 e. The Kier molecular flexibility index (Phi) is 5.26. The molecular weight excluding hydrogens is 374 g/mol. The van der Waals surface area contributed by atoms with E-state index in [1.807, 2.05) is 36.4 Å². The van der Waals surface area contributed by atoms with Crippen LogP contribution in [0.2, 0.25) is 5.02 Å². The van der Waals surface area contributed by atoms with Crippen molar-refractivity contribution in [1.82, 2.24) is 15.2 Å². The van der Waals surface area contributed by atoms with E-state index in [1.165, 1.54) is 0 Å². The number of nitrogens with one attached hydrogen (secondary N) is 1. The lowest BCUT2D eigenvalue weighted by molar-refractivity contribution is -0.129. The average Bonchev–Trinajstić information content (AvgIpc) is 3.26. The van der Waals surface area contributed by atoms with E-state index in [1.54, 1.807) is 23.1 Å². The van der Waals surface area contributed by atoms with Crippen molar-refractivity contribution in [1.29, 1.82) is 0 Å². The predicted molar refractivity (Wildman–Crippen MR) is 110 cm³/mol. The molecule has 0 atom stereocenters. The highest BCUT2D eigenvalue weighted by Gasteiger charge is 2.19. The fraction of sp³-hybridized carbons (Fsp3) is 0.227. The van der Waals surface area contributed by atoms with Gasteiger partial charge in [-0.15, -0.1) is 0 Å². The second kappa shape index (κ2) is 7.98. The molecule has 6 heteroatoms. The number of benzene rings is 2. The minimum absolute atomic E-state index is 0.00572. The third kappa shape index (κ3) is 3.85. The summed E-state index contributed by atoms with van der Waals surface area (Å²) < 4.78 is 0. The monoisotopic (exact) mass is 393 g/mol. The van der Waals surface area contributed by atoms with E-state index in [2.05, 4.69) is 10.3 Å². The Balaban J connectivity index is 1.63. The summed E-state index contributed by atoms with van der Waals surface area (Å²) in [5, 5.41) is 4.17. The van der Waals surface area contributed by atoms with Gasteiger partial charge in [0, 0.05) is 29.1 Å². The van der Waals surface area contributed by atoms with Crippen LogP contribution in [0.5, 0.6) is 0 Å². The molecule has 28 heavy (non-hydrogen) atoms. The molecule has 4 rings (SSSR count). The van der Waals surface area contributed by atoms with Crippen molar-refractivity contribution < 1.29 is 9.59 Å². The largest absolute Gasteiger partial charge is 0.343 e. The molecule has 0 radical (unpaired) electrons. The SMILES string of the molecule is O=C(NCC(=O)N1CCCC1)c1cc(-c2ccc(Cl)cc2)nc2ccccc12. The van der Waals surface area contributed by atoms with E-state index >= 15 is 0 Å². The smallest absolute Gasteiger partial charge is 0.252 e. The van der Waals surface area contributed by atoms with Gasteiger partial charge >= 0.3 is 0 Å². The van der Waals surface area contributed by atoms with Gasteiger partial charge in [-0.3, -0.25) is 9.59 Å². The number of para-hydroxylation sites is 1. The van der Waals surface area contributed by atoms with Crippen molar-refractivity contribution in [2.75, 3.05) is 19.6 Å². The van der Waals surface area contributed by atoms with Gasteiger partial charge in [0.05, 0.1) is 23.3 Å². The number of rotatable bonds is 4. The van der Waals surface area contributed by atoms with Crippen LogP contribution < -0.4 is 5.32 Å². The van der Waals surface area contributed by atoms with Crippen molar-refractivity contribution >= 4 is 34.3 Å². The van der Waals surface area contributed by atoms with Crippen LogP contribution in [0, 0.1) is 0 Å². The molecule has 1 aromatic heterocycles. The van der Waals surface area contributed by atoms with E-state index in [-0.39, 0.29) is 18.4 Å². The van der Waals surface area contributed by atoms with Gasteiger partial charge in [-0.2, -0.15) is 0 Å². The summed E-state index contributed by atoms with van der Waals surface area (Å²) in [6, 6.07) is 16.6. The van der Waals surface area contributed by atoms with Crippen LogP contribution in [-0.4, -0.2) is 41.3 Å². The Morgan fingerprint density at radius 2 is 1.75 bits per heavy atom. The number of aromatic nitrogens is 1. The second-order valence-electron chi connectivity index (χ2n) is 6.85. The molecular formula is C22H20ClN3O2. The van der Waals surface area contributed by atoms with Crippen molar-refractivity contribution in [3.8, 4) is 11.3 Å². The van der Waals surface area contributed by atoms with Gasteiger partial charge in [0.25, 0.3) is 5.91 Å². The van der Waals surface area contributed by atoms with Crippen LogP contribution in [0.15, 0.2) is 54.6 Å². The number of amides is 2. The molecule has 3 aromatic rings. The quantitative estimate of drug-likeness (QED) is 0.731. The number of pyridine rings is 1. The van der Waals surface area contributed by atoms with E-state index in [4.69, 9.17) is 11.6 Å². The van der Waals surface area contributed by atoms with Crippen LogP contribution >= 0.6 is 11.6 Å². The summed E-state index contributed by atoms with van der Waals surface area (Å²) in [7, 11) is 0. The molecule has 1 fully saturated rings. The maximum atomic E-state index is 12.9. The van der Waals surface area contributed by atoms with Crippen molar-refractivity contribution in [3.63, 3.8) is 0 Å². The van der Waals surface area contributed by atoms with Gasteiger partial charge in [0.1, 0.15) is 0 Å². The number of nitrogens with zero attached hydrogens (tertiary/aromatic N) is 2. The molecule has 2 amide bonds. The molecule has 2 aromatic carbocycles. The Morgan fingerprint density at radius 1 is 1.04 bits per heavy atom. The number of carbonyl (C=O) groups excluding carboxylic acids is 2.